The van der Waals surface area contributed by atoms with Gasteiger partial charge in [-0.25, -0.2) is 9.18 Å². The molecular formula is C25H24FN5O4. The number of nitrogens with one attached hydrogen (secondary N) is 3. The van der Waals surface area contributed by atoms with Gasteiger partial charge in [-0.1, -0.05) is 0 Å². The number of likely N-dealkylation sites (tertiary alicyclic amines) is 1. The van der Waals surface area contributed by atoms with Gasteiger partial charge in [0, 0.05) is 37.2 Å². The van der Waals surface area contributed by atoms with Crippen LogP contribution in [0, 0.1) is 5.82 Å². The summed E-state index contributed by atoms with van der Waals surface area (Å²) in [4.78, 5) is 42.7. The topological polar surface area (TPSA) is 113 Å². The molecule has 180 valence electrons. The standard InChI is InChI=1S/C25H24FN5O4/c1-27-23(32)21-15-20(12-13-28-21)35-19-10-8-17(9-11-19)29-24(33)22-3-2-14-31(22)25(34)30-18-6-4-16(26)5-7-18/h4-13,15,22H,2-3,14H2,1H3,(H,27,32)(H,29,33)(H,30,34). The molecule has 3 N–H and O–H groups in total. The van der Waals surface area contributed by atoms with Crippen LogP contribution in [0.4, 0.5) is 20.6 Å². The first kappa shape index (κ1) is 23.7. The Morgan fingerprint density at radius 2 is 1.66 bits per heavy atom. The highest BCUT2D eigenvalue weighted by Crippen LogP contribution is 2.25. The first-order valence-corrected chi connectivity index (χ1v) is 11.0. The van der Waals surface area contributed by atoms with Crippen LogP contribution in [0.25, 0.3) is 0 Å². The third-order valence-electron chi connectivity index (χ3n) is 5.46. The Kier molecular flexibility index (Phi) is 7.20. The van der Waals surface area contributed by atoms with Gasteiger partial charge in [0.1, 0.15) is 29.1 Å². The molecular weight excluding hydrogens is 453 g/mol. The molecule has 2 heterocycles. The maximum absolute atomic E-state index is 13.1. The Balaban J connectivity index is 1.35. The zero-order valence-corrected chi connectivity index (χ0v) is 19.0. The number of ether oxygens (including phenoxy) is 1. The Morgan fingerprint density at radius 3 is 2.37 bits per heavy atom. The largest absolute Gasteiger partial charge is 0.457 e. The number of urea groups is 1. The summed E-state index contributed by atoms with van der Waals surface area (Å²) in [6.07, 6.45) is 2.72. The van der Waals surface area contributed by atoms with Crippen molar-refractivity contribution < 1.29 is 23.5 Å². The van der Waals surface area contributed by atoms with Crippen LogP contribution in [0.15, 0.2) is 66.9 Å². The lowest BCUT2D eigenvalue weighted by Gasteiger charge is -2.24. The second kappa shape index (κ2) is 10.6. The molecule has 2 aromatic carbocycles. The van der Waals surface area contributed by atoms with Gasteiger partial charge in [0.05, 0.1) is 0 Å². The van der Waals surface area contributed by atoms with Gasteiger partial charge in [0.25, 0.3) is 5.91 Å². The van der Waals surface area contributed by atoms with Crippen molar-refractivity contribution in [3.63, 3.8) is 0 Å². The Labute approximate surface area is 201 Å². The molecule has 1 fully saturated rings. The van der Waals surface area contributed by atoms with E-state index >= 15 is 0 Å². The fourth-order valence-corrected chi connectivity index (χ4v) is 3.71. The van der Waals surface area contributed by atoms with E-state index in [1.165, 1.54) is 48.5 Å². The Morgan fingerprint density at radius 1 is 0.971 bits per heavy atom. The van der Waals surface area contributed by atoms with Crippen LogP contribution in [0.1, 0.15) is 23.3 Å². The van der Waals surface area contributed by atoms with Gasteiger partial charge in [-0.05, 0) is 67.4 Å². The lowest BCUT2D eigenvalue weighted by molar-refractivity contribution is -0.119. The number of anilines is 2. The van der Waals surface area contributed by atoms with Crippen molar-refractivity contribution in [1.29, 1.82) is 0 Å². The number of rotatable bonds is 6. The summed E-state index contributed by atoms with van der Waals surface area (Å²) in [5.74, 6) is -0.0507. The molecule has 1 aliphatic rings. The molecule has 0 radical (unpaired) electrons. The molecule has 0 saturated carbocycles. The fraction of sp³-hybridized carbons (Fsp3) is 0.200. The molecule has 0 bridgehead atoms. The second-order valence-corrected chi connectivity index (χ2v) is 7.86. The van der Waals surface area contributed by atoms with E-state index in [9.17, 15) is 18.8 Å². The van der Waals surface area contributed by atoms with Crippen molar-refractivity contribution >= 4 is 29.2 Å². The van der Waals surface area contributed by atoms with Gasteiger partial charge in [-0.3, -0.25) is 14.6 Å². The van der Waals surface area contributed by atoms with Gasteiger partial charge < -0.3 is 25.6 Å². The summed E-state index contributed by atoms with van der Waals surface area (Å²) >= 11 is 0. The third kappa shape index (κ3) is 5.91. The lowest BCUT2D eigenvalue weighted by atomic mass is 10.2. The Hall–Kier alpha value is -4.47. The van der Waals surface area contributed by atoms with Crippen molar-refractivity contribution in [2.75, 3.05) is 24.2 Å². The van der Waals surface area contributed by atoms with E-state index in [1.807, 2.05) is 0 Å². The van der Waals surface area contributed by atoms with Gasteiger partial charge in [-0.15, -0.1) is 0 Å². The van der Waals surface area contributed by atoms with Crippen molar-refractivity contribution in [3.8, 4) is 11.5 Å². The minimum Gasteiger partial charge on any atom is -0.457 e. The third-order valence-corrected chi connectivity index (χ3v) is 5.46. The maximum atomic E-state index is 13.1. The summed E-state index contributed by atoms with van der Waals surface area (Å²) < 4.78 is 18.9. The number of halogens is 1. The van der Waals surface area contributed by atoms with E-state index in [4.69, 9.17) is 4.74 Å². The monoisotopic (exact) mass is 477 g/mol. The molecule has 1 saturated heterocycles. The Bertz CT molecular complexity index is 1220. The van der Waals surface area contributed by atoms with Crippen molar-refractivity contribution in [2.24, 2.45) is 0 Å². The van der Waals surface area contributed by atoms with E-state index in [2.05, 4.69) is 20.9 Å². The molecule has 10 heteroatoms. The minimum absolute atomic E-state index is 0.235. The first-order valence-electron chi connectivity index (χ1n) is 11.0. The average Bonchev–Trinajstić information content (AvgIpc) is 3.37. The van der Waals surface area contributed by atoms with Crippen LogP contribution in [-0.2, 0) is 4.79 Å². The second-order valence-electron chi connectivity index (χ2n) is 7.86. The molecule has 0 spiro atoms. The molecule has 35 heavy (non-hydrogen) atoms. The van der Waals surface area contributed by atoms with E-state index in [-0.39, 0.29) is 17.5 Å². The van der Waals surface area contributed by atoms with Gasteiger partial charge >= 0.3 is 6.03 Å². The van der Waals surface area contributed by atoms with Crippen LogP contribution in [-0.4, -0.2) is 47.4 Å². The van der Waals surface area contributed by atoms with Gasteiger partial charge in [-0.2, -0.15) is 0 Å². The normalized spacial score (nSPS) is 14.8. The molecule has 1 atom stereocenters. The highest BCUT2D eigenvalue weighted by Gasteiger charge is 2.34. The van der Waals surface area contributed by atoms with Crippen molar-refractivity contribution in [3.05, 3.63) is 78.4 Å². The van der Waals surface area contributed by atoms with Gasteiger partial charge in [0.15, 0.2) is 0 Å². The summed E-state index contributed by atoms with van der Waals surface area (Å²) in [7, 11) is 1.52. The van der Waals surface area contributed by atoms with E-state index in [0.29, 0.717) is 42.3 Å². The maximum Gasteiger partial charge on any atom is 0.322 e. The van der Waals surface area contributed by atoms with E-state index in [1.54, 1.807) is 30.3 Å². The predicted octanol–water partition coefficient (Wildman–Crippen LogP) is 4.01. The zero-order valence-electron chi connectivity index (χ0n) is 19.0. The first-order chi connectivity index (χ1) is 16.9. The molecule has 9 nitrogen and oxygen atoms in total. The van der Waals surface area contributed by atoms with Crippen molar-refractivity contribution in [1.82, 2.24) is 15.2 Å². The number of nitrogens with zero attached hydrogens (tertiary/aromatic N) is 2. The molecule has 3 aromatic rings. The number of hydrogen-bond acceptors (Lipinski definition) is 5. The molecule has 1 aromatic heterocycles. The summed E-state index contributed by atoms with van der Waals surface area (Å²) in [5.41, 5.74) is 1.24. The molecule has 4 amide bonds. The van der Waals surface area contributed by atoms with Crippen LogP contribution >= 0.6 is 0 Å². The highest BCUT2D eigenvalue weighted by molar-refractivity contribution is 5.99. The molecule has 4 rings (SSSR count). The number of benzene rings is 2. The highest BCUT2D eigenvalue weighted by atomic mass is 19.1. The van der Waals surface area contributed by atoms with Crippen molar-refractivity contribution in [2.45, 2.75) is 18.9 Å². The fourth-order valence-electron chi connectivity index (χ4n) is 3.71. The molecule has 1 aliphatic heterocycles. The van der Waals surface area contributed by atoms with Crippen LogP contribution in [0.5, 0.6) is 11.5 Å². The average molecular weight is 477 g/mol. The van der Waals surface area contributed by atoms with Crippen LogP contribution in [0.3, 0.4) is 0 Å². The van der Waals surface area contributed by atoms with E-state index in [0.717, 1.165) is 0 Å². The smallest absolute Gasteiger partial charge is 0.322 e. The zero-order chi connectivity index (χ0) is 24.8. The van der Waals surface area contributed by atoms with Crippen LogP contribution < -0.4 is 20.7 Å². The summed E-state index contributed by atoms with van der Waals surface area (Å²) in [6, 6.07) is 14.3. The number of aromatic nitrogens is 1. The summed E-state index contributed by atoms with van der Waals surface area (Å²) in [5, 5.41) is 8.04. The SMILES string of the molecule is CNC(=O)c1cc(Oc2ccc(NC(=O)C3CCCN3C(=O)Nc3ccc(F)cc3)cc2)ccn1. The van der Waals surface area contributed by atoms with Crippen LogP contribution in [0.2, 0.25) is 0 Å². The molecule has 1 unspecified atom stereocenters. The minimum atomic E-state index is -0.619. The number of carbonyl (C=O) groups excluding carboxylic acids is 3. The number of amides is 4. The quantitative estimate of drug-likeness (QED) is 0.497. The summed E-state index contributed by atoms with van der Waals surface area (Å²) in [6.45, 7) is 0.446. The molecule has 0 aliphatic carbocycles. The number of carbonyl (C=O) groups is 3. The number of pyridine rings is 1. The van der Waals surface area contributed by atoms with E-state index < -0.39 is 17.9 Å². The van der Waals surface area contributed by atoms with Gasteiger partial charge in [0.2, 0.25) is 5.91 Å². The predicted molar refractivity (Wildman–Crippen MR) is 128 cm³/mol. The number of hydrogen-bond donors (Lipinski definition) is 3. The lowest BCUT2D eigenvalue weighted by Crippen LogP contribution is -2.45.